The van der Waals surface area contributed by atoms with Gasteiger partial charge in [0.05, 0.1) is 0 Å². The molecule has 0 aliphatic heterocycles. The Morgan fingerprint density at radius 3 is 2.70 bits per heavy atom. The Morgan fingerprint density at radius 2 is 2.20 bits per heavy atom. The van der Waals surface area contributed by atoms with Crippen LogP contribution in [0.2, 0.25) is 0 Å². The van der Waals surface area contributed by atoms with Gasteiger partial charge in [0.1, 0.15) is 12.4 Å². The molecule has 2 N–H and O–H groups in total. The van der Waals surface area contributed by atoms with Crippen molar-refractivity contribution in [3.8, 4) is 5.75 Å². The van der Waals surface area contributed by atoms with Crippen molar-refractivity contribution in [1.29, 1.82) is 0 Å². The molecule has 0 aromatic heterocycles. The van der Waals surface area contributed by atoms with Crippen LogP contribution in [0.3, 0.4) is 0 Å². The van der Waals surface area contributed by atoms with Gasteiger partial charge in [-0.25, -0.2) is 8.78 Å². The van der Waals surface area contributed by atoms with E-state index < -0.39 is 23.1 Å². The summed E-state index contributed by atoms with van der Waals surface area (Å²) >= 11 is 0. The molecule has 1 aliphatic rings. The smallest absolute Gasteiger partial charge is 0.327 e. The average molecular weight is 285 g/mol. The van der Waals surface area contributed by atoms with Gasteiger partial charge in [-0.2, -0.15) is 0 Å². The van der Waals surface area contributed by atoms with Crippen LogP contribution in [0.1, 0.15) is 19.8 Å². The monoisotopic (exact) mass is 285 g/mol. The Bertz CT molecular complexity index is 505. The lowest BCUT2D eigenvalue weighted by Gasteiger charge is -2.30. The molecule has 4 nitrogen and oxygen atoms in total. The molecular weight excluding hydrogens is 268 g/mol. The van der Waals surface area contributed by atoms with Gasteiger partial charge >= 0.3 is 5.97 Å². The zero-order valence-corrected chi connectivity index (χ0v) is 11.2. The Balaban J connectivity index is 2.14. The van der Waals surface area contributed by atoms with Crippen LogP contribution in [0.4, 0.5) is 8.78 Å². The summed E-state index contributed by atoms with van der Waals surface area (Å²) < 4.78 is 31.6. The Kier molecular flexibility index (Phi) is 4.23. The first kappa shape index (κ1) is 14.7. The van der Waals surface area contributed by atoms with Gasteiger partial charge in [-0.1, -0.05) is 6.92 Å². The second-order valence-electron chi connectivity index (χ2n) is 4.94. The Labute approximate surface area is 115 Å². The molecular formula is C14H17F2NO3. The minimum absolute atomic E-state index is 0.0246. The molecule has 1 aromatic rings. The molecule has 0 amide bonds. The summed E-state index contributed by atoms with van der Waals surface area (Å²) in [5.41, 5.74) is -1.21. The van der Waals surface area contributed by atoms with E-state index in [0.29, 0.717) is 12.6 Å². The molecule has 1 unspecified atom stereocenters. The molecule has 1 atom stereocenters. The minimum Gasteiger partial charge on any atom is -0.488 e. The van der Waals surface area contributed by atoms with E-state index in [-0.39, 0.29) is 18.3 Å². The van der Waals surface area contributed by atoms with Crippen LogP contribution in [0.15, 0.2) is 18.2 Å². The van der Waals surface area contributed by atoms with Crippen LogP contribution in [0.5, 0.6) is 5.75 Å². The fraction of sp³-hybridized carbons (Fsp3) is 0.500. The number of halogens is 2. The van der Waals surface area contributed by atoms with Crippen molar-refractivity contribution in [3.05, 3.63) is 29.8 Å². The molecule has 110 valence electrons. The summed E-state index contributed by atoms with van der Waals surface area (Å²) in [6.45, 7) is 2.08. The molecule has 0 radical (unpaired) electrons. The first-order chi connectivity index (χ1) is 9.49. The quantitative estimate of drug-likeness (QED) is 0.806. The lowest BCUT2D eigenvalue weighted by Crippen LogP contribution is -2.58. The van der Waals surface area contributed by atoms with Crippen molar-refractivity contribution in [1.82, 2.24) is 5.32 Å². The second kappa shape index (κ2) is 5.75. The Morgan fingerprint density at radius 1 is 1.50 bits per heavy atom. The number of hydrogen-bond donors (Lipinski definition) is 2. The van der Waals surface area contributed by atoms with Crippen LogP contribution in [-0.4, -0.2) is 29.8 Å². The Hall–Kier alpha value is -1.69. The third kappa shape index (κ3) is 2.90. The fourth-order valence-electron chi connectivity index (χ4n) is 2.30. The third-order valence-corrected chi connectivity index (χ3v) is 3.50. The topological polar surface area (TPSA) is 58.6 Å². The minimum atomic E-state index is -1.21. The number of likely N-dealkylation sites (N-methyl/N-ethyl adjacent to an activating group) is 1. The van der Waals surface area contributed by atoms with Crippen LogP contribution in [-0.2, 0) is 4.79 Å². The van der Waals surface area contributed by atoms with E-state index in [9.17, 15) is 18.7 Å². The molecule has 1 aromatic carbocycles. The number of ether oxygens (including phenoxy) is 1. The van der Waals surface area contributed by atoms with Crippen molar-refractivity contribution in [3.63, 3.8) is 0 Å². The van der Waals surface area contributed by atoms with E-state index in [0.717, 1.165) is 25.0 Å². The molecule has 1 aliphatic carbocycles. The number of carboxylic acids is 1. The van der Waals surface area contributed by atoms with Gasteiger partial charge in [0.2, 0.25) is 0 Å². The first-order valence-electron chi connectivity index (χ1n) is 6.56. The normalized spacial score (nSPS) is 17.6. The van der Waals surface area contributed by atoms with E-state index in [1.807, 2.05) is 0 Å². The predicted octanol–water partition coefficient (Wildman–Crippen LogP) is 2.19. The van der Waals surface area contributed by atoms with Gasteiger partial charge < -0.3 is 9.84 Å². The predicted molar refractivity (Wildman–Crippen MR) is 68.6 cm³/mol. The third-order valence-electron chi connectivity index (χ3n) is 3.50. The maximum absolute atomic E-state index is 13.5. The largest absolute Gasteiger partial charge is 0.488 e. The van der Waals surface area contributed by atoms with Gasteiger partial charge in [-0.15, -0.1) is 0 Å². The molecule has 0 spiro atoms. The molecule has 0 bridgehead atoms. The van der Waals surface area contributed by atoms with E-state index in [1.165, 1.54) is 0 Å². The maximum atomic E-state index is 13.5. The lowest BCUT2D eigenvalue weighted by atomic mass is 9.94. The average Bonchev–Trinajstić information content (AvgIpc) is 3.20. The zero-order chi connectivity index (χ0) is 14.8. The summed E-state index contributed by atoms with van der Waals surface area (Å²) in [5, 5.41) is 12.4. The molecule has 0 saturated heterocycles. The van der Waals surface area contributed by atoms with E-state index in [4.69, 9.17) is 4.74 Å². The van der Waals surface area contributed by atoms with Crippen LogP contribution in [0, 0.1) is 17.6 Å². The number of carbonyl (C=O) groups is 1. The number of carboxylic acid groups (broad SMARTS) is 1. The summed E-state index contributed by atoms with van der Waals surface area (Å²) in [6.07, 6.45) is 1.60. The summed E-state index contributed by atoms with van der Waals surface area (Å²) in [4.78, 5) is 11.6. The molecule has 6 heteroatoms. The highest BCUT2D eigenvalue weighted by atomic mass is 19.1. The standard InChI is InChI=1S/C14H17F2NO3/c1-2-17-14(13(18)19,9-3-4-9)8-20-12-6-5-10(15)7-11(12)16/h5-7,9,17H,2-4,8H2,1H3,(H,18,19). The zero-order valence-electron chi connectivity index (χ0n) is 11.2. The lowest BCUT2D eigenvalue weighted by molar-refractivity contribution is -0.147. The highest BCUT2D eigenvalue weighted by molar-refractivity contribution is 5.80. The van der Waals surface area contributed by atoms with Crippen molar-refractivity contribution in [2.75, 3.05) is 13.2 Å². The summed E-state index contributed by atoms with van der Waals surface area (Å²) in [7, 11) is 0. The first-order valence-corrected chi connectivity index (χ1v) is 6.56. The SMILES string of the molecule is CCNC(COc1ccc(F)cc1F)(C(=O)O)C1CC1. The number of aliphatic carboxylic acids is 1. The number of rotatable bonds is 7. The van der Waals surface area contributed by atoms with E-state index in [2.05, 4.69) is 5.32 Å². The van der Waals surface area contributed by atoms with Crippen molar-refractivity contribution >= 4 is 5.97 Å². The van der Waals surface area contributed by atoms with Crippen LogP contribution >= 0.6 is 0 Å². The van der Waals surface area contributed by atoms with Gasteiger partial charge in [-0.05, 0) is 37.4 Å². The van der Waals surface area contributed by atoms with Crippen molar-refractivity contribution in [2.45, 2.75) is 25.3 Å². The number of hydrogen-bond acceptors (Lipinski definition) is 3. The highest BCUT2D eigenvalue weighted by Gasteiger charge is 2.51. The van der Waals surface area contributed by atoms with E-state index in [1.54, 1.807) is 6.92 Å². The maximum Gasteiger partial charge on any atom is 0.327 e. The van der Waals surface area contributed by atoms with Gasteiger partial charge in [-0.3, -0.25) is 10.1 Å². The van der Waals surface area contributed by atoms with Crippen LogP contribution < -0.4 is 10.1 Å². The molecule has 0 heterocycles. The van der Waals surface area contributed by atoms with Gasteiger partial charge in [0, 0.05) is 6.07 Å². The molecule has 1 saturated carbocycles. The van der Waals surface area contributed by atoms with Crippen molar-refractivity contribution < 1.29 is 23.4 Å². The van der Waals surface area contributed by atoms with E-state index >= 15 is 0 Å². The summed E-state index contributed by atoms with van der Waals surface area (Å²) in [5.74, 6) is -2.71. The van der Waals surface area contributed by atoms with Crippen molar-refractivity contribution in [2.24, 2.45) is 5.92 Å². The van der Waals surface area contributed by atoms with Crippen LogP contribution in [0.25, 0.3) is 0 Å². The number of nitrogens with one attached hydrogen (secondary N) is 1. The van der Waals surface area contributed by atoms with Gasteiger partial charge in [0.15, 0.2) is 17.1 Å². The molecule has 1 fully saturated rings. The highest BCUT2D eigenvalue weighted by Crippen LogP contribution is 2.40. The fourth-order valence-corrected chi connectivity index (χ4v) is 2.30. The molecule has 20 heavy (non-hydrogen) atoms. The van der Waals surface area contributed by atoms with Gasteiger partial charge in [0.25, 0.3) is 0 Å². The molecule has 2 rings (SSSR count). The second-order valence-corrected chi connectivity index (χ2v) is 4.94. The number of benzene rings is 1. The summed E-state index contributed by atoms with van der Waals surface area (Å²) in [6, 6.07) is 2.95.